The predicted octanol–water partition coefficient (Wildman–Crippen LogP) is 0.504. The maximum atomic E-state index is 12.4. The minimum Gasteiger partial charge on any atom is -0.481 e. The minimum absolute atomic E-state index is 0.00679. The summed E-state index contributed by atoms with van der Waals surface area (Å²) in [6, 6.07) is 0. The Balaban J connectivity index is 1.89. The first-order valence-electron chi connectivity index (χ1n) is 6.80. The first kappa shape index (κ1) is 14.3. The molecule has 2 aliphatic rings. The Bertz CT molecular complexity index is 346. The molecule has 19 heavy (non-hydrogen) atoms. The summed E-state index contributed by atoms with van der Waals surface area (Å²) in [7, 11) is 0. The van der Waals surface area contributed by atoms with Gasteiger partial charge in [0.1, 0.15) is 0 Å². The number of nitrogens with zero attached hydrogens (tertiary/aromatic N) is 1. The van der Waals surface area contributed by atoms with Crippen molar-refractivity contribution in [2.45, 2.75) is 38.4 Å². The molecule has 0 spiro atoms. The molecule has 0 aromatic rings. The van der Waals surface area contributed by atoms with Crippen molar-refractivity contribution in [3.05, 3.63) is 0 Å². The molecule has 0 aromatic carbocycles. The van der Waals surface area contributed by atoms with Gasteiger partial charge in [0.15, 0.2) is 0 Å². The van der Waals surface area contributed by atoms with Crippen molar-refractivity contribution in [3.8, 4) is 0 Å². The van der Waals surface area contributed by atoms with Gasteiger partial charge in [-0.15, -0.1) is 0 Å². The standard InChI is InChI=1S/C13H21NO5/c1-9-6-10(2-4-18-9)13(17)14-3-5-19-11(8-14)7-12(15)16/h9-11H,2-8H2,1H3,(H,15,16). The molecule has 1 N–H and O–H groups in total. The highest BCUT2D eigenvalue weighted by molar-refractivity contribution is 5.79. The number of carboxylic acids is 1. The Morgan fingerprint density at radius 1 is 1.32 bits per heavy atom. The molecule has 1 amide bonds. The molecular formula is C13H21NO5. The largest absolute Gasteiger partial charge is 0.481 e. The first-order chi connectivity index (χ1) is 9.06. The number of carbonyl (C=O) groups is 2. The lowest BCUT2D eigenvalue weighted by molar-refractivity contribution is -0.152. The number of carboxylic acid groups (broad SMARTS) is 1. The van der Waals surface area contributed by atoms with Crippen molar-refractivity contribution in [3.63, 3.8) is 0 Å². The second-order valence-corrected chi connectivity index (χ2v) is 5.28. The molecule has 0 aliphatic carbocycles. The number of rotatable bonds is 3. The van der Waals surface area contributed by atoms with E-state index in [2.05, 4.69) is 0 Å². The highest BCUT2D eigenvalue weighted by Crippen LogP contribution is 2.23. The summed E-state index contributed by atoms with van der Waals surface area (Å²) in [5.41, 5.74) is 0. The molecule has 0 bridgehead atoms. The quantitative estimate of drug-likeness (QED) is 0.809. The Morgan fingerprint density at radius 3 is 2.79 bits per heavy atom. The zero-order valence-electron chi connectivity index (χ0n) is 11.2. The third kappa shape index (κ3) is 3.91. The molecule has 0 saturated carbocycles. The number of aliphatic carboxylic acids is 1. The second kappa shape index (κ2) is 6.34. The lowest BCUT2D eigenvalue weighted by atomic mass is 9.94. The van der Waals surface area contributed by atoms with Gasteiger partial charge in [0, 0.05) is 25.6 Å². The van der Waals surface area contributed by atoms with Gasteiger partial charge in [-0.1, -0.05) is 0 Å². The fourth-order valence-electron chi connectivity index (χ4n) is 2.72. The van der Waals surface area contributed by atoms with E-state index in [9.17, 15) is 9.59 Å². The van der Waals surface area contributed by atoms with E-state index in [1.54, 1.807) is 4.90 Å². The molecule has 3 atom stereocenters. The van der Waals surface area contributed by atoms with Crippen molar-refractivity contribution in [1.82, 2.24) is 4.90 Å². The van der Waals surface area contributed by atoms with Crippen LogP contribution < -0.4 is 0 Å². The first-order valence-corrected chi connectivity index (χ1v) is 6.80. The molecule has 3 unspecified atom stereocenters. The van der Waals surface area contributed by atoms with Crippen LogP contribution in [-0.2, 0) is 19.1 Å². The minimum atomic E-state index is -0.890. The molecule has 2 heterocycles. The number of hydrogen-bond acceptors (Lipinski definition) is 4. The van der Waals surface area contributed by atoms with Gasteiger partial charge < -0.3 is 19.5 Å². The lowest BCUT2D eigenvalue weighted by Crippen LogP contribution is -2.49. The smallest absolute Gasteiger partial charge is 0.306 e. The Hall–Kier alpha value is -1.14. The monoisotopic (exact) mass is 271 g/mol. The van der Waals surface area contributed by atoms with Crippen LogP contribution in [0.15, 0.2) is 0 Å². The average molecular weight is 271 g/mol. The number of amides is 1. The van der Waals surface area contributed by atoms with Crippen molar-refractivity contribution in [2.24, 2.45) is 5.92 Å². The summed E-state index contributed by atoms with van der Waals surface area (Å²) in [6.45, 7) is 3.96. The fourth-order valence-corrected chi connectivity index (χ4v) is 2.72. The van der Waals surface area contributed by atoms with Crippen LogP contribution in [0.3, 0.4) is 0 Å². The van der Waals surface area contributed by atoms with Crippen molar-refractivity contribution >= 4 is 11.9 Å². The molecule has 2 saturated heterocycles. The summed E-state index contributed by atoms with van der Waals surface area (Å²) < 4.78 is 10.8. The molecule has 0 aromatic heterocycles. The molecular weight excluding hydrogens is 250 g/mol. The van der Waals surface area contributed by atoms with Gasteiger partial charge in [0.25, 0.3) is 0 Å². The van der Waals surface area contributed by atoms with Gasteiger partial charge in [-0.05, 0) is 19.8 Å². The predicted molar refractivity (Wildman–Crippen MR) is 66.7 cm³/mol. The van der Waals surface area contributed by atoms with E-state index in [1.807, 2.05) is 6.92 Å². The third-order valence-electron chi connectivity index (χ3n) is 3.69. The molecule has 2 aliphatic heterocycles. The second-order valence-electron chi connectivity index (χ2n) is 5.28. The molecule has 6 nitrogen and oxygen atoms in total. The Morgan fingerprint density at radius 2 is 2.11 bits per heavy atom. The molecule has 0 radical (unpaired) electrons. The van der Waals surface area contributed by atoms with Gasteiger partial charge in [-0.3, -0.25) is 9.59 Å². The van der Waals surface area contributed by atoms with Crippen LogP contribution in [0.1, 0.15) is 26.2 Å². The van der Waals surface area contributed by atoms with E-state index in [4.69, 9.17) is 14.6 Å². The van der Waals surface area contributed by atoms with E-state index in [-0.39, 0.29) is 30.5 Å². The molecule has 2 rings (SSSR count). The Kier molecular flexibility index (Phi) is 4.76. The van der Waals surface area contributed by atoms with Crippen molar-refractivity contribution in [2.75, 3.05) is 26.3 Å². The highest BCUT2D eigenvalue weighted by atomic mass is 16.5. The number of morpholine rings is 1. The summed E-state index contributed by atoms with van der Waals surface area (Å²) in [4.78, 5) is 24.8. The van der Waals surface area contributed by atoms with Crippen LogP contribution in [0, 0.1) is 5.92 Å². The lowest BCUT2D eigenvalue weighted by Gasteiger charge is -2.36. The van der Waals surface area contributed by atoms with E-state index in [0.717, 1.165) is 12.8 Å². The van der Waals surface area contributed by atoms with Crippen molar-refractivity contribution < 1.29 is 24.2 Å². The molecule has 6 heteroatoms. The van der Waals surface area contributed by atoms with Crippen LogP contribution in [0.25, 0.3) is 0 Å². The maximum absolute atomic E-state index is 12.4. The number of carbonyl (C=O) groups excluding carboxylic acids is 1. The number of ether oxygens (including phenoxy) is 2. The average Bonchev–Trinajstić information content (AvgIpc) is 2.37. The maximum Gasteiger partial charge on any atom is 0.306 e. The van der Waals surface area contributed by atoms with Gasteiger partial charge >= 0.3 is 5.97 Å². The number of hydrogen-bond donors (Lipinski definition) is 1. The summed E-state index contributed by atoms with van der Waals surface area (Å²) in [5.74, 6) is -0.764. The van der Waals surface area contributed by atoms with Crippen LogP contribution >= 0.6 is 0 Å². The summed E-state index contributed by atoms with van der Waals surface area (Å²) in [6.07, 6.45) is 1.20. The van der Waals surface area contributed by atoms with E-state index in [1.165, 1.54) is 0 Å². The van der Waals surface area contributed by atoms with Gasteiger partial charge in [-0.2, -0.15) is 0 Å². The molecule has 2 fully saturated rings. The fraction of sp³-hybridized carbons (Fsp3) is 0.846. The highest BCUT2D eigenvalue weighted by Gasteiger charge is 2.32. The SMILES string of the molecule is CC1CC(C(=O)N2CCOC(CC(=O)O)C2)CCO1. The molecule has 108 valence electrons. The zero-order chi connectivity index (χ0) is 13.8. The zero-order valence-corrected chi connectivity index (χ0v) is 11.2. The normalized spacial score (nSPS) is 32.1. The van der Waals surface area contributed by atoms with Gasteiger partial charge in [0.05, 0.1) is 25.2 Å². The van der Waals surface area contributed by atoms with Crippen LogP contribution in [0.4, 0.5) is 0 Å². The van der Waals surface area contributed by atoms with Crippen LogP contribution in [0.5, 0.6) is 0 Å². The van der Waals surface area contributed by atoms with E-state index in [0.29, 0.717) is 26.3 Å². The summed E-state index contributed by atoms with van der Waals surface area (Å²) in [5, 5.41) is 8.77. The summed E-state index contributed by atoms with van der Waals surface area (Å²) >= 11 is 0. The van der Waals surface area contributed by atoms with Crippen LogP contribution in [-0.4, -0.2) is 60.4 Å². The third-order valence-corrected chi connectivity index (χ3v) is 3.69. The van der Waals surface area contributed by atoms with E-state index >= 15 is 0 Å². The topological polar surface area (TPSA) is 76.1 Å². The Labute approximate surface area is 112 Å². The van der Waals surface area contributed by atoms with Crippen LogP contribution in [0.2, 0.25) is 0 Å². The van der Waals surface area contributed by atoms with Gasteiger partial charge in [-0.25, -0.2) is 0 Å². The van der Waals surface area contributed by atoms with Gasteiger partial charge in [0.2, 0.25) is 5.91 Å². The van der Waals surface area contributed by atoms with Crippen molar-refractivity contribution in [1.29, 1.82) is 0 Å². The van der Waals surface area contributed by atoms with E-state index < -0.39 is 5.97 Å².